The van der Waals surface area contributed by atoms with E-state index < -0.39 is 18.2 Å². The van der Waals surface area contributed by atoms with Gasteiger partial charge in [-0.05, 0) is 51.4 Å². The fourth-order valence-corrected chi connectivity index (χ4v) is 9.20. The minimum Gasteiger partial charge on any atom is -0.394 e. The molecule has 0 spiro atoms. The van der Waals surface area contributed by atoms with Crippen molar-refractivity contribution in [3.05, 3.63) is 36.5 Å². The highest BCUT2D eigenvalue weighted by Crippen LogP contribution is 2.17. The standard InChI is InChI=1S/C60H115NO4/c1-3-5-7-9-11-13-15-17-19-21-23-25-26-27-28-29-30-31-32-34-35-37-39-41-43-45-47-49-51-53-57(63)55-60(65)61-58(56-62)59(64)54-52-50-48-46-44-42-40-38-36-33-24-22-20-18-16-14-12-10-8-6-4-2/h23,25,27-28,52,54,57-59,62-64H,3-22,24,26,29-51,53,55-56H2,1-2H3,(H,61,65)/b25-23-,28-27-,54-52+. The van der Waals surface area contributed by atoms with E-state index in [4.69, 9.17) is 0 Å². The van der Waals surface area contributed by atoms with Gasteiger partial charge in [0.1, 0.15) is 0 Å². The molecule has 1 amide bonds. The zero-order valence-electron chi connectivity index (χ0n) is 43.9. The summed E-state index contributed by atoms with van der Waals surface area (Å²) in [5.74, 6) is -0.312. The van der Waals surface area contributed by atoms with Crippen molar-refractivity contribution in [3.8, 4) is 0 Å². The van der Waals surface area contributed by atoms with Crippen molar-refractivity contribution in [1.29, 1.82) is 0 Å². The molecule has 0 aromatic rings. The number of hydrogen-bond donors (Lipinski definition) is 4. The van der Waals surface area contributed by atoms with Gasteiger partial charge in [-0.15, -0.1) is 0 Å². The molecule has 0 aromatic carbocycles. The second-order valence-electron chi connectivity index (χ2n) is 20.3. The van der Waals surface area contributed by atoms with Gasteiger partial charge in [-0.25, -0.2) is 0 Å². The van der Waals surface area contributed by atoms with Crippen molar-refractivity contribution in [1.82, 2.24) is 5.32 Å². The average Bonchev–Trinajstić information content (AvgIpc) is 3.30. The molecule has 0 heterocycles. The van der Waals surface area contributed by atoms with Crippen LogP contribution in [-0.2, 0) is 4.79 Å². The number of aliphatic hydroxyl groups is 3. The van der Waals surface area contributed by atoms with Gasteiger partial charge in [0.2, 0.25) is 5.91 Å². The first-order chi connectivity index (χ1) is 32.0. The molecule has 0 aliphatic carbocycles. The third-order valence-corrected chi connectivity index (χ3v) is 13.7. The van der Waals surface area contributed by atoms with Crippen LogP contribution in [0.1, 0.15) is 316 Å². The topological polar surface area (TPSA) is 89.8 Å². The van der Waals surface area contributed by atoms with Crippen molar-refractivity contribution in [2.24, 2.45) is 0 Å². The van der Waals surface area contributed by atoms with E-state index >= 15 is 0 Å². The molecular formula is C60H115NO4. The molecule has 5 nitrogen and oxygen atoms in total. The Morgan fingerprint density at radius 1 is 0.400 bits per heavy atom. The number of aliphatic hydroxyl groups excluding tert-OH is 3. The van der Waals surface area contributed by atoms with Gasteiger partial charge in [0.25, 0.3) is 0 Å². The van der Waals surface area contributed by atoms with Gasteiger partial charge < -0.3 is 20.6 Å². The van der Waals surface area contributed by atoms with E-state index in [0.717, 1.165) is 32.1 Å². The number of carbonyl (C=O) groups is 1. The Balaban J connectivity index is 3.56. The number of unbranched alkanes of at least 4 members (excludes halogenated alkanes) is 41. The molecule has 5 heteroatoms. The summed E-state index contributed by atoms with van der Waals surface area (Å²) >= 11 is 0. The average molecular weight is 915 g/mol. The largest absolute Gasteiger partial charge is 0.394 e. The van der Waals surface area contributed by atoms with E-state index in [1.807, 2.05) is 6.08 Å². The summed E-state index contributed by atoms with van der Waals surface area (Å²) in [6.07, 6.45) is 71.9. The zero-order valence-corrected chi connectivity index (χ0v) is 43.9. The smallest absolute Gasteiger partial charge is 0.222 e. The highest BCUT2D eigenvalue weighted by atomic mass is 16.3. The maximum atomic E-state index is 12.5. The summed E-state index contributed by atoms with van der Waals surface area (Å²) in [5, 5.41) is 33.5. The van der Waals surface area contributed by atoms with Crippen molar-refractivity contribution in [3.63, 3.8) is 0 Å². The van der Waals surface area contributed by atoms with Crippen LogP contribution in [0.25, 0.3) is 0 Å². The molecule has 0 saturated heterocycles. The van der Waals surface area contributed by atoms with Gasteiger partial charge in [-0.3, -0.25) is 4.79 Å². The number of nitrogens with one attached hydrogen (secondary N) is 1. The molecule has 0 saturated carbocycles. The molecule has 0 aliphatic heterocycles. The lowest BCUT2D eigenvalue weighted by Crippen LogP contribution is -2.45. The summed E-state index contributed by atoms with van der Waals surface area (Å²) in [5.41, 5.74) is 0. The molecule has 0 aromatic heterocycles. The SMILES string of the molecule is CCCCCCCCCCC/C=C\C/C=C\CCCCCCCCCCCCCCCC(O)CC(=O)NC(CO)C(O)/C=C/CCCCCCCCCCCCCCCCCCCCC. The van der Waals surface area contributed by atoms with Crippen LogP contribution in [0.2, 0.25) is 0 Å². The minimum absolute atomic E-state index is 0.0146. The first kappa shape index (κ1) is 63.6. The van der Waals surface area contributed by atoms with E-state index in [1.54, 1.807) is 6.08 Å². The van der Waals surface area contributed by atoms with Crippen molar-refractivity contribution in [2.75, 3.05) is 6.61 Å². The monoisotopic (exact) mass is 914 g/mol. The Morgan fingerprint density at radius 2 is 0.692 bits per heavy atom. The Hall–Kier alpha value is -1.43. The van der Waals surface area contributed by atoms with Crippen molar-refractivity contribution in [2.45, 2.75) is 334 Å². The number of hydrogen-bond acceptors (Lipinski definition) is 4. The molecule has 4 N–H and O–H groups in total. The quantitative estimate of drug-likeness (QED) is 0.0361. The number of amides is 1. The van der Waals surface area contributed by atoms with Crippen LogP contribution in [0.3, 0.4) is 0 Å². The fourth-order valence-electron chi connectivity index (χ4n) is 9.20. The van der Waals surface area contributed by atoms with Crippen LogP contribution in [0.15, 0.2) is 36.5 Å². The molecular weight excluding hydrogens is 799 g/mol. The van der Waals surface area contributed by atoms with Crippen molar-refractivity contribution < 1.29 is 20.1 Å². The molecule has 0 bridgehead atoms. The van der Waals surface area contributed by atoms with Gasteiger partial charge in [-0.2, -0.15) is 0 Å². The molecule has 0 radical (unpaired) electrons. The summed E-state index contributed by atoms with van der Waals surface area (Å²) < 4.78 is 0. The van der Waals surface area contributed by atoms with E-state index in [1.165, 1.54) is 257 Å². The summed E-state index contributed by atoms with van der Waals surface area (Å²) in [7, 11) is 0. The Kier molecular flexibility index (Phi) is 54.0. The lowest BCUT2D eigenvalue weighted by Gasteiger charge is -2.21. The molecule has 0 aliphatic rings. The number of carbonyl (C=O) groups excluding carboxylic acids is 1. The van der Waals surface area contributed by atoms with Gasteiger partial charge in [0.15, 0.2) is 0 Å². The third-order valence-electron chi connectivity index (χ3n) is 13.7. The van der Waals surface area contributed by atoms with Crippen LogP contribution in [0.4, 0.5) is 0 Å². The molecule has 0 fully saturated rings. The Bertz CT molecular complexity index is 1010. The predicted octanol–water partition coefficient (Wildman–Crippen LogP) is 18.2. The maximum absolute atomic E-state index is 12.5. The molecule has 3 unspecified atom stereocenters. The van der Waals surface area contributed by atoms with E-state index in [9.17, 15) is 20.1 Å². The first-order valence-electron chi connectivity index (χ1n) is 29.3. The Morgan fingerprint density at radius 3 is 1.02 bits per heavy atom. The van der Waals surface area contributed by atoms with E-state index in [0.29, 0.717) is 6.42 Å². The predicted molar refractivity (Wildman–Crippen MR) is 287 cm³/mol. The van der Waals surface area contributed by atoms with Crippen LogP contribution in [0, 0.1) is 0 Å². The summed E-state index contributed by atoms with van der Waals surface area (Å²) in [4.78, 5) is 12.5. The van der Waals surface area contributed by atoms with Crippen LogP contribution in [0.5, 0.6) is 0 Å². The molecule has 3 atom stereocenters. The first-order valence-corrected chi connectivity index (χ1v) is 29.3. The number of allylic oxidation sites excluding steroid dienone is 5. The number of rotatable bonds is 54. The summed E-state index contributed by atoms with van der Waals surface area (Å²) in [6, 6.07) is -0.745. The van der Waals surface area contributed by atoms with Gasteiger partial charge in [-0.1, -0.05) is 294 Å². The van der Waals surface area contributed by atoms with Crippen LogP contribution in [-0.4, -0.2) is 46.1 Å². The van der Waals surface area contributed by atoms with Gasteiger partial charge in [0, 0.05) is 0 Å². The zero-order chi connectivity index (χ0) is 47.2. The van der Waals surface area contributed by atoms with Crippen molar-refractivity contribution >= 4 is 5.91 Å². The van der Waals surface area contributed by atoms with E-state index in [2.05, 4.69) is 43.5 Å². The Labute approximate surface area is 406 Å². The van der Waals surface area contributed by atoms with E-state index in [-0.39, 0.29) is 18.9 Å². The normalized spacial score (nSPS) is 13.5. The maximum Gasteiger partial charge on any atom is 0.222 e. The van der Waals surface area contributed by atoms with Gasteiger partial charge in [0.05, 0.1) is 31.3 Å². The minimum atomic E-state index is -0.930. The fraction of sp³-hybridized carbons (Fsp3) is 0.883. The lowest BCUT2D eigenvalue weighted by molar-refractivity contribution is -0.124. The molecule has 0 rings (SSSR count). The highest BCUT2D eigenvalue weighted by Gasteiger charge is 2.20. The molecule has 384 valence electrons. The van der Waals surface area contributed by atoms with Crippen LogP contribution < -0.4 is 5.32 Å². The van der Waals surface area contributed by atoms with Crippen LogP contribution >= 0.6 is 0 Å². The second-order valence-corrected chi connectivity index (χ2v) is 20.3. The third kappa shape index (κ3) is 51.8. The van der Waals surface area contributed by atoms with Gasteiger partial charge >= 0.3 is 0 Å². The lowest BCUT2D eigenvalue weighted by atomic mass is 10.0. The second kappa shape index (κ2) is 55.2. The molecule has 65 heavy (non-hydrogen) atoms. The highest BCUT2D eigenvalue weighted by molar-refractivity contribution is 5.76. The summed E-state index contributed by atoms with van der Waals surface area (Å²) in [6.45, 7) is 4.25.